The Labute approximate surface area is 163 Å². The quantitative estimate of drug-likeness (QED) is 0.674. The number of aryl methyl sites for hydroxylation is 2. The lowest BCUT2D eigenvalue weighted by molar-refractivity contribution is -0.0520. The van der Waals surface area contributed by atoms with E-state index < -0.39 is 12.8 Å². The summed E-state index contributed by atoms with van der Waals surface area (Å²) in [4.78, 5) is 18.5. The minimum absolute atomic E-state index is 0.119. The summed E-state index contributed by atoms with van der Waals surface area (Å²) >= 11 is 1.29. The number of carbonyl (C=O) groups is 1. The van der Waals surface area contributed by atoms with Gasteiger partial charge >= 0.3 is 6.61 Å². The van der Waals surface area contributed by atoms with Gasteiger partial charge in [0.1, 0.15) is 15.9 Å². The maximum absolute atomic E-state index is 13.0. The van der Waals surface area contributed by atoms with Crippen molar-refractivity contribution in [3.05, 3.63) is 46.0 Å². The van der Waals surface area contributed by atoms with Crippen molar-refractivity contribution in [3.63, 3.8) is 0 Å². The van der Waals surface area contributed by atoms with Crippen LogP contribution in [-0.4, -0.2) is 24.6 Å². The molecular weight excluding hydrogens is 388 g/mol. The molecule has 0 saturated heterocycles. The molecule has 4 rings (SSSR count). The Hall–Kier alpha value is -2.94. The summed E-state index contributed by atoms with van der Waals surface area (Å²) in [5, 5.41) is 6.90. The molecule has 3 heterocycles. The number of aromatic nitrogens is 1. The summed E-state index contributed by atoms with van der Waals surface area (Å²) in [6.07, 6.45) is -0.762. The monoisotopic (exact) mass is 405 g/mol. The molecule has 9 heteroatoms. The van der Waals surface area contributed by atoms with Gasteiger partial charge < -0.3 is 20.1 Å². The summed E-state index contributed by atoms with van der Waals surface area (Å²) in [7, 11) is 1.37. The van der Waals surface area contributed by atoms with E-state index in [1.165, 1.54) is 24.5 Å². The number of thiophene rings is 1. The number of ether oxygens (including phenoxy) is 2. The number of nitrogens with zero attached hydrogens (tertiary/aromatic N) is 1. The highest BCUT2D eigenvalue weighted by Gasteiger charge is 2.32. The number of halogens is 2. The highest BCUT2D eigenvalue weighted by molar-refractivity contribution is 7.21. The van der Waals surface area contributed by atoms with Gasteiger partial charge in [0.2, 0.25) is 0 Å². The van der Waals surface area contributed by atoms with Gasteiger partial charge in [-0.3, -0.25) is 4.79 Å². The molecule has 1 unspecified atom stereocenters. The highest BCUT2D eigenvalue weighted by Crippen LogP contribution is 2.43. The number of amides is 1. The van der Waals surface area contributed by atoms with Crippen LogP contribution in [0.1, 0.15) is 32.7 Å². The van der Waals surface area contributed by atoms with Crippen molar-refractivity contribution in [1.82, 2.24) is 10.3 Å². The van der Waals surface area contributed by atoms with Gasteiger partial charge in [0.15, 0.2) is 11.5 Å². The third-order valence-corrected chi connectivity index (χ3v) is 5.59. The molecule has 0 bridgehead atoms. The molecule has 1 aliphatic heterocycles. The fourth-order valence-electron chi connectivity index (χ4n) is 3.41. The summed E-state index contributed by atoms with van der Waals surface area (Å²) in [6.45, 7) is 0.816. The van der Waals surface area contributed by atoms with Crippen LogP contribution in [0, 0.1) is 13.8 Å². The molecule has 2 N–H and O–H groups in total. The zero-order valence-electron chi connectivity index (χ0n) is 15.3. The third kappa shape index (κ3) is 3.01. The smallest absolute Gasteiger partial charge is 0.387 e. The Morgan fingerprint density at radius 3 is 2.75 bits per heavy atom. The van der Waals surface area contributed by atoms with Crippen molar-refractivity contribution >= 4 is 33.1 Å². The van der Waals surface area contributed by atoms with Crippen molar-refractivity contribution in [2.24, 2.45) is 0 Å². The first-order valence-electron chi connectivity index (χ1n) is 8.49. The first-order valence-corrected chi connectivity index (χ1v) is 9.30. The van der Waals surface area contributed by atoms with Crippen molar-refractivity contribution < 1.29 is 23.0 Å². The number of benzene rings is 1. The predicted molar refractivity (Wildman–Crippen MR) is 103 cm³/mol. The number of hydrogen-bond donors (Lipinski definition) is 2. The number of para-hydroxylation sites is 1. The lowest BCUT2D eigenvalue weighted by Crippen LogP contribution is -2.38. The van der Waals surface area contributed by atoms with Crippen LogP contribution in [0.15, 0.2) is 24.3 Å². The SMILES string of the molecule is COc1cccc(C2NC(=O)c3sc4nc(C)cc(C)c4c3N2)c1OC(F)F. The van der Waals surface area contributed by atoms with Crippen LogP contribution in [0.5, 0.6) is 11.5 Å². The van der Waals surface area contributed by atoms with E-state index in [0.717, 1.165) is 21.5 Å². The van der Waals surface area contributed by atoms with Crippen molar-refractivity contribution in [3.8, 4) is 11.5 Å². The van der Waals surface area contributed by atoms with Gasteiger partial charge in [-0.2, -0.15) is 8.78 Å². The number of hydrogen-bond acceptors (Lipinski definition) is 6. The van der Waals surface area contributed by atoms with Gasteiger partial charge in [-0.15, -0.1) is 11.3 Å². The summed E-state index contributed by atoms with van der Waals surface area (Å²) in [5.41, 5.74) is 2.83. The maximum atomic E-state index is 13.0. The van der Waals surface area contributed by atoms with Gasteiger partial charge in [0.05, 0.1) is 12.8 Å². The molecule has 1 aromatic carbocycles. The molecule has 28 heavy (non-hydrogen) atoms. The standard InChI is InChI=1S/C19H17F2N3O3S/c1-8-7-9(2)22-18-12(8)13-15(28-18)17(25)24-16(23-13)10-5-4-6-11(26-3)14(10)27-19(20)21/h4-7,16,19,23H,1-3H3,(H,24,25). The first-order chi connectivity index (χ1) is 13.4. The Balaban J connectivity index is 1.83. The van der Waals surface area contributed by atoms with E-state index >= 15 is 0 Å². The minimum Gasteiger partial charge on any atom is -0.493 e. The number of carbonyl (C=O) groups excluding carboxylic acids is 1. The van der Waals surface area contributed by atoms with E-state index in [4.69, 9.17) is 9.47 Å². The van der Waals surface area contributed by atoms with E-state index in [0.29, 0.717) is 16.1 Å². The van der Waals surface area contributed by atoms with Gasteiger partial charge in [0.25, 0.3) is 5.91 Å². The van der Waals surface area contributed by atoms with Crippen LogP contribution in [0.2, 0.25) is 0 Å². The molecule has 0 saturated carbocycles. The predicted octanol–water partition coefficient (Wildman–Crippen LogP) is 4.38. The normalized spacial score (nSPS) is 15.9. The number of rotatable bonds is 4. The zero-order valence-corrected chi connectivity index (χ0v) is 16.1. The van der Waals surface area contributed by atoms with E-state index in [9.17, 15) is 13.6 Å². The van der Waals surface area contributed by atoms with Crippen LogP contribution in [0.25, 0.3) is 10.2 Å². The molecule has 3 aromatic rings. The zero-order chi connectivity index (χ0) is 20.0. The van der Waals surface area contributed by atoms with E-state index in [1.54, 1.807) is 12.1 Å². The number of methoxy groups -OCH3 is 1. The largest absolute Gasteiger partial charge is 0.493 e. The van der Waals surface area contributed by atoms with Gasteiger partial charge in [-0.1, -0.05) is 12.1 Å². The second-order valence-corrected chi connectivity index (χ2v) is 7.37. The summed E-state index contributed by atoms with van der Waals surface area (Å²) in [6, 6.07) is 6.72. The lowest BCUT2D eigenvalue weighted by Gasteiger charge is -2.28. The molecule has 0 fully saturated rings. The molecule has 146 valence electrons. The van der Waals surface area contributed by atoms with Gasteiger partial charge in [-0.05, 0) is 31.5 Å². The molecule has 1 aliphatic rings. The second kappa shape index (κ2) is 6.90. The number of nitrogens with one attached hydrogen (secondary N) is 2. The van der Waals surface area contributed by atoms with Crippen LogP contribution in [-0.2, 0) is 0 Å². The van der Waals surface area contributed by atoms with E-state index in [1.807, 2.05) is 19.9 Å². The third-order valence-electron chi connectivity index (χ3n) is 4.50. The number of fused-ring (bicyclic) bond motifs is 3. The lowest BCUT2D eigenvalue weighted by atomic mass is 10.1. The van der Waals surface area contributed by atoms with E-state index in [-0.39, 0.29) is 17.4 Å². The molecule has 0 spiro atoms. The highest BCUT2D eigenvalue weighted by atomic mass is 32.1. The second-order valence-electron chi connectivity index (χ2n) is 6.37. The average Bonchev–Trinajstić information content (AvgIpc) is 3.00. The van der Waals surface area contributed by atoms with Crippen LogP contribution >= 0.6 is 11.3 Å². The van der Waals surface area contributed by atoms with Crippen molar-refractivity contribution in [2.45, 2.75) is 26.6 Å². The van der Waals surface area contributed by atoms with E-state index in [2.05, 4.69) is 15.6 Å². The number of anilines is 1. The van der Waals surface area contributed by atoms with Crippen LogP contribution < -0.4 is 20.1 Å². The topological polar surface area (TPSA) is 72.5 Å². The first kappa shape index (κ1) is 18.4. The fraction of sp³-hybridized carbons (Fsp3) is 0.263. The fourth-order valence-corrected chi connectivity index (χ4v) is 4.57. The Morgan fingerprint density at radius 2 is 2.04 bits per heavy atom. The Morgan fingerprint density at radius 1 is 1.25 bits per heavy atom. The number of pyridine rings is 1. The van der Waals surface area contributed by atoms with Gasteiger partial charge in [-0.25, -0.2) is 4.98 Å². The van der Waals surface area contributed by atoms with Gasteiger partial charge in [0, 0.05) is 16.6 Å². The van der Waals surface area contributed by atoms with Crippen LogP contribution in [0.4, 0.5) is 14.5 Å². The molecule has 6 nitrogen and oxygen atoms in total. The molecule has 2 aromatic heterocycles. The maximum Gasteiger partial charge on any atom is 0.387 e. The minimum atomic E-state index is -3.03. The number of alkyl halides is 2. The average molecular weight is 405 g/mol. The Kier molecular flexibility index (Phi) is 4.54. The van der Waals surface area contributed by atoms with Crippen molar-refractivity contribution in [1.29, 1.82) is 0 Å². The molecule has 1 atom stereocenters. The molecular formula is C19H17F2N3O3S. The van der Waals surface area contributed by atoms with Crippen molar-refractivity contribution in [2.75, 3.05) is 12.4 Å². The molecule has 0 aliphatic carbocycles. The van der Waals surface area contributed by atoms with Crippen LogP contribution in [0.3, 0.4) is 0 Å². The summed E-state index contributed by atoms with van der Waals surface area (Å²) < 4.78 is 35.8. The molecule has 1 amide bonds. The Bertz CT molecular complexity index is 1080. The molecule has 0 radical (unpaired) electrons. The summed E-state index contributed by atoms with van der Waals surface area (Å²) in [5.74, 6) is -0.264.